The monoisotopic (exact) mass is 349 g/mol. The molecule has 0 aliphatic rings. The Labute approximate surface area is 123 Å². The number of hydrogen-bond donors (Lipinski definition) is 1. The number of hydrogen-bond acceptors (Lipinski definition) is 3. The molecule has 4 nitrogen and oxygen atoms in total. The summed E-state index contributed by atoms with van der Waals surface area (Å²) in [5.74, 6) is 0. The van der Waals surface area contributed by atoms with Crippen LogP contribution in [0.1, 0.15) is 20.3 Å². The lowest BCUT2D eigenvalue weighted by molar-refractivity contribution is 0.153. The Balaban J connectivity index is 2.68. The van der Waals surface area contributed by atoms with E-state index < -0.39 is 10.0 Å². The van der Waals surface area contributed by atoms with Gasteiger partial charge in [0, 0.05) is 24.7 Å². The van der Waals surface area contributed by atoms with E-state index >= 15 is 0 Å². The van der Waals surface area contributed by atoms with Crippen molar-refractivity contribution in [2.24, 2.45) is 5.41 Å². The van der Waals surface area contributed by atoms with E-state index in [4.69, 9.17) is 4.74 Å². The summed E-state index contributed by atoms with van der Waals surface area (Å²) in [6.45, 7) is 5.02. The average molecular weight is 350 g/mol. The topological polar surface area (TPSA) is 55.4 Å². The highest BCUT2D eigenvalue weighted by molar-refractivity contribution is 9.10. The highest BCUT2D eigenvalue weighted by Gasteiger charge is 2.22. The molecule has 1 N–H and O–H groups in total. The Morgan fingerprint density at radius 2 is 1.84 bits per heavy atom. The fraction of sp³-hybridized carbons (Fsp3) is 0.538. The fourth-order valence-electron chi connectivity index (χ4n) is 1.45. The van der Waals surface area contributed by atoms with Crippen molar-refractivity contribution in [1.29, 1.82) is 0 Å². The summed E-state index contributed by atoms with van der Waals surface area (Å²) in [7, 11) is -1.81. The van der Waals surface area contributed by atoms with Crippen LogP contribution in [0, 0.1) is 5.41 Å². The molecular weight excluding hydrogens is 330 g/mol. The minimum Gasteiger partial charge on any atom is -0.385 e. The summed E-state index contributed by atoms with van der Waals surface area (Å²) in [6.07, 6.45) is 0.798. The number of rotatable bonds is 7. The van der Waals surface area contributed by atoms with Crippen molar-refractivity contribution in [1.82, 2.24) is 4.72 Å². The van der Waals surface area contributed by atoms with Crippen LogP contribution in [0.15, 0.2) is 33.6 Å². The smallest absolute Gasteiger partial charge is 0.240 e. The molecule has 1 aromatic carbocycles. The fourth-order valence-corrected chi connectivity index (χ4v) is 2.96. The third kappa shape index (κ3) is 5.60. The first-order chi connectivity index (χ1) is 8.77. The maximum Gasteiger partial charge on any atom is 0.240 e. The van der Waals surface area contributed by atoms with Crippen LogP contribution in [0.4, 0.5) is 0 Å². The molecule has 0 radical (unpaired) electrons. The zero-order chi connectivity index (χ0) is 14.5. The lowest BCUT2D eigenvalue weighted by atomic mass is 9.90. The number of nitrogens with one attached hydrogen (secondary N) is 1. The van der Waals surface area contributed by atoms with E-state index in [-0.39, 0.29) is 10.3 Å². The van der Waals surface area contributed by atoms with Crippen molar-refractivity contribution in [2.75, 3.05) is 20.3 Å². The van der Waals surface area contributed by atoms with Gasteiger partial charge in [-0.3, -0.25) is 0 Å². The molecule has 1 aromatic rings. The van der Waals surface area contributed by atoms with Gasteiger partial charge < -0.3 is 4.74 Å². The van der Waals surface area contributed by atoms with Crippen LogP contribution >= 0.6 is 15.9 Å². The van der Waals surface area contributed by atoms with E-state index in [9.17, 15) is 8.42 Å². The van der Waals surface area contributed by atoms with Gasteiger partial charge in [0.05, 0.1) is 4.90 Å². The van der Waals surface area contributed by atoms with Gasteiger partial charge in [0.15, 0.2) is 0 Å². The molecule has 0 aromatic heterocycles. The lowest BCUT2D eigenvalue weighted by Crippen LogP contribution is -2.34. The molecule has 108 valence electrons. The highest BCUT2D eigenvalue weighted by atomic mass is 79.9. The van der Waals surface area contributed by atoms with Crippen LogP contribution in [0.25, 0.3) is 0 Å². The van der Waals surface area contributed by atoms with Crippen molar-refractivity contribution in [3.05, 3.63) is 28.7 Å². The molecule has 0 heterocycles. The van der Waals surface area contributed by atoms with Crippen molar-refractivity contribution in [3.63, 3.8) is 0 Å². The van der Waals surface area contributed by atoms with E-state index in [0.29, 0.717) is 13.2 Å². The minimum atomic E-state index is -3.45. The molecule has 0 saturated carbocycles. The maximum atomic E-state index is 12.1. The number of sulfonamides is 1. The third-order valence-electron chi connectivity index (χ3n) is 2.85. The normalized spacial score (nSPS) is 12.6. The average Bonchev–Trinajstić information content (AvgIpc) is 2.35. The summed E-state index contributed by atoms with van der Waals surface area (Å²) in [4.78, 5) is 0.276. The van der Waals surface area contributed by atoms with Gasteiger partial charge in [-0.05, 0) is 36.1 Å². The van der Waals surface area contributed by atoms with Gasteiger partial charge in [0.2, 0.25) is 10.0 Å². The number of ether oxygens (including phenoxy) is 1. The summed E-state index contributed by atoms with van der Waals surface area (Å²) in [5, 5.41) is 0. The minimum absolute atomic E-state index is 0.140. The highest BCUT2D eigenvalue weighted by Crippen LogP contribution is 2.20. The molecular formula is C13H20BrNO3S. The lowest BCUT2D eigenvalue weighted by Gasteiger charge is -2.24. The number of benzene rings is 1. The standard InChI is InChI=1S/C13H20BrNO3S/c1-13(2,8-9-18-3)10-15-19(16,17)12-6-4-11(14)5-7-12/h4-7,15H,8-10H2,1-3H3. The molecule has 0 aliphatic heterocycles. The van der Waals surface area contributed by atoms with E-state index in [1.807, 2.05) is 13.8 Å². The van der Waals surface area contributed by atoms with Gasteiger partial charge >= 0.3 is 0 Å². The molecule has 19 heavy (non-hydrogen) atoms. The molecule has 0 amide bonds. The van der Waals surface area contributed by atoms with E-state index in [1.54, 1.807) is 31.4 Å². The molecule has 0 fully saturated rings. The Kier molecular flexibility index (Phi) is 5.98. The predicted molar refractivity (Wildman–Crippen MR) is 79.6 cm³/mol. The van der Waals surface area contributed by atoms with Crippen LogP contribution < -0.4 is 4.72 Å². The van der Waals surface area contributed by atoms with Gasteiger partial charge in [0.1, 0.15) is 0 Å². The van der Waals surface area contributed by atoms with Gasteiger partial charge in [-0.1, -0.05) is 29.8 Å². The maximum absolute atomic E-state index is 12.1. The second-order valence-corrected chi connectivity index (χ2v) is 7.87. The van der Waals surface area contributed by atoms with E-state index in [0.717, 1.165) is 10.9 Å². The first kappa shape index (κ1) is 16.6. The second kappa shape index (κ2) is 6.83. The van der Waals surface area contributed by atoms with Crippen LogP contribution in [0.2, 0.25) is 0 Å². The summed E-state index contributed by atoms with van der Waals surface area (Å²) in [5.41, 5.74) is -0.140. The van der Waals surface area contributed by atoms with Gasteiger partial charge in [-0.25, -0.2) is 13.1 Å². The molecule has 1 rings (SSSR count). The van der Waals surface area contributed by atoms with E-state index in [1.165, 1.54) is 0 Å². The molecule has 0 aliphatic carbocycles. The first-order valence-electron chi connectivity index (χ1n) is 6.01. The van der Waals surface area contributed by atoms with Crippen molar-refractivity contribution in [3.8, 4) is 0 Å². The zero-order valence-electron chi connectivity index (χ0n) is 11.4. The Morgan fingerprint density at radius 3 is 2.37 bits per heavy atom. The van der Waals surface area contributed by atoms with Crippen LogP contribution in [0.5, 0.6) is 0 Å². The summed E-state index contributed by atoms with van der Waals surface area (Å²) >= 11 is 3.28. The van der Waals surface area contributed by atoms with Crippen molar-refractivity contribution in [2.45, 2.75) is 25.2 Å². The second-order valence-electron chi connectivity index (χ2n) is 5.19. The van der Waals surface area contributed by atoms with Gasteiger partial charge in [0.25, 0.3) is 0 Å². The predicted octanol–water partition coefficient (Wildman–Crippen LogP) is 2.79. The van der Waals surface area contributed by atoms with E-state index in [2.05, 4.69) is 20.7 Å². The van der Waals surface area contributed by atoms with Gasteiger partial charge in [-0.15, -0.1) is 0 Å². The molecule has 6 heteroatoms. The zero-order valence-corrected chi connectivity index (χ0v) is 13.8. The van der Waals surface area contributed by atoms with Crippen LogP contribution in [-0.2, 0) is 14.8 Å². The SMILES string of the molecule is COCCC(C)(C)CNS(=O)(=O)c1ccc(Br)cc1. The van der Waals surface area contributed by atoms with Crippen molar-refractivity contribution < 1.29 is 13.2 Å². The summed E-state index contributed by atoms with van der Waals surface area (Å²) in [6, 6.07) is 6.58. The van der Waals surface area contributed by atoms with Gasteiger partial charge in [-0.2, -0.15) is 0 Å². The largest absolute Gasteiger partial charge is 0.385 e. The molecule has 0 bridgehead atoms. The van der Waals surface area contributed by atoms with Crippen LogP contribution in [0.3, 0.4) is 0 Å². The summed E-state index contributed by atoms with van der Waals surface area (Å²) < 4.78 is 32.7. The first-order valence-corrected chi connectivity index (χ1v) is 8.29. The Hall–Kier alpha value is -0.430. The molecule has 0 saturated heterocycles. The molecule has 0 spiro atoms. The quantitative estimate of drug-likeness (QED) is 0.823. The molecule has 0 atom stereocenters. The van der Waals surface area contributed by atoms with Crippen molar-refractivity contribution >= 4 is 26.0 Å². The Bertz CT molecular complexity index is 497. The number of halogens is 1. The molecule has 0 unspecified atom stereocenters. The Morgan fingerprint density at radius 1 is 1.26 bits per heavy atom. The number of methoxy groups -OCH3 is 1. The third-order valence-corrected chi connectivity index (χ3v) is 4.79. The van der Waals surface area contributed by atoms with Crippen LogP contribution in [-0.4, -0.2) is 28.7 Å².